The molecule has 0 atom stereocenters. The van der Waals surface area contributed by atoms with Gasteiger partial charge in [0.2, 0.25) is 5.91 Å². The van der Waals surface area contributed by atoms with Crippen molar-refractivity contribution in [1.29, 1.82) is 0 Å². The molecular formula is C23H25N4OP. The van der Waals surface area contributed by atoms with E-state index in [0.29, 0.717) is 0 Å². The molecule has 2 heterocycles. The Balaban J connectivity index is 2.08. The zero-order valence-electron chi connectivity index (χ0n) is 17.1. The molecule has 0 saturated carbocycles. The second-order valence-corrected chi connectivity index (χ2v) is 10.2. The van der Waals surface area contributed by atoms with Crippen LogP contribution in [0.5, 0.6) is 0 Å². The van der Waals surface area contributed by atoms with Crippen molar-refractivity contribution in [3.63, 3.8) is 0 Å². The Morgan fingerprint density at radius 1 is 0.690 bits per heavy atom. The van der Waals surface area contributed by atoms with E-state index < -0.39 is 13.0 Å². The smallest absolute Gasteiger partial charge is 0.204 e. The van der Waals surface area contributed by atoms with Crippen LogP contribution in [0.15, 0.2) is 72.8 Å². The molecule has 0 aliphatic heterocycles. The van der Waals surface area contributed by atoms with Crippen LogP contribution in [-0.2, 0) is 4.57 Å². The van der Waals surface area contributed by atoms with Crippen molar-refractivity contribution < 1.29 is 4.57 Å². The number of aryl methyl sites for hydroxylation is 4. The summed E-state index contributed by atoms with van der Waals surface area (Å²) in [5, 5.41) is 11.1. The van der Waals surface area contributed by atoms with Gasteiger partial charge in [-0.15, -0.1) is 0 Å². The van der Waals surface area contributed by atoms with Gasteiger partial charge in [0.05, 0.1) is 11.4 Å². The number of hydrogen-bond acceptors (Lipinski definition) is 3. The SMILES string of the molecule is Cc1cc(C)n(C(n2nc(C)cc2C)P(=O)(c2ccccc2)c2ccccc2)n1. The van der Waals surface area contributed by atoms with Crippen LogP contribution in [-0.4, -0.2) is 19.6 Å². The lowest BCUT2D eigenvalue weighted by Crippen LogP contribution is -2.31. The van der Waals surface area contributed by atoms with Gasteiger partial charge in [0.15, 0.2) is 7.14 Å². The molecule has 0 aliphatic carbocycles. The zero-order valence-corrected chi connectivity index (χ0v) is 18.0. The first-order chi connectivity index (χ1) is 13.9. The van der Waals surface area contributed by atoms with E-state index in [4.69, 9.17) is 10.2 Å². The molecule has 0 aliphatic rings. The highest BCUT2D eigenvalue weighted by Crippen LogP contribution is 2.55. The maximum absolute atomic E-state index is 15.1. The molecule has 0 amide bonds. The molecule has 0 N–H and O–H groups in total. The fraction of sp³-hybridized carbons (Fsp3) is 0.217. The third kappa shape index (κ3) is 3.36. The highest BCUT2D eigenvalue weighted by molar-refractivity contribution is 7.78. The zero-order chi connectivity index (χ0) is 20.6. The molecule has 0 spiro atoms. The first-order valence-electron chi connectivity index (χ1n) is 9.67. The lowest BCUT2D eigenvalue weighted by Gasteiger charge is -2.31. The minimum absolute atomic E-state index is 0.588. The molecule has 6 heteroatoms. The van der Waals surface area contributed by atoms with Crippen LogP contribution in [0.25, 0.3) is 0 Å². The molecule has 2 aromatic carbocycles. The van der Waals surface area contributed by atoms with Gasteiger partial charge in [-0.25, -0.2) is 9.36 Å². The Hall–Kier alpha value is -2.91. The van der Waals surface area contributed by atoms with Gasteiger partial charge in [-0.1, -0.05) is 60.7 Å². The van der Waals surface area contributed by atoms with E-state index in [0.717, 1.165) is 33.4 Å². The molecule has 0 bridgehead atoms. The Morgan fingerprint density at radius 3 is 1.38 bits per heavy atom. The van der Waals surface area contributed by atoms with E-state index in [-0.39, 0.29) is 0 Å². The molecule has 4 rings (SSSR count). The van der Waals surface area contributed by atoms with Crippen LogP contribution in [0.1, 0.15) is 28.7 Å². The summed E-state index contributed by atoms with van der Waals surface area (Å²) < 4.78 is 18.9. The summed E-state index contributed by atoms with van der Waals surface area (Å²) in [6.45, 7) is 7.91. The molecule has 29 heavy (non-hydrogen) atoms. The Labute approximate surface area is 171 Å². The first kappa shape index (κ1) is 19.4. The van der Waals surface area contributed by atoms with E-state index in [9.17, 15) is 0 Å². The van der Waals surface area contributed by atoms with E-state index in [1.165, 1.54) is 0 Å². The maximum Gasteiger partial charge on any atom is 0.204 e. The predicted molar refractivity (Wildman–Crippen MR) is 118 cm³/mol. The molecule has 0 radical (unpaired) electrons. The molecule has 148 valence electrons. The van der Waals surface area contributed by atoms with Crippen LogP contribution >= 0.6 is 7.14 Å². The fourth-order valence-electron chi connectivity index (χ4n) is 3.89. The van der Waals surface area contributed by atoms with Gasteiger partial charge in [0.1, 0.15) is 0 Å². The quantitative estimate of drug-likeness (QED) is 0.465. The van der Waals surface area contributed by atoms with E-state index in [2.05, 4.69) is 0 Å². The van der Waals surface area contributed by atoms with E-state index in [1.54, 1.807) is 0 Å². The van der Waals surface area contributed by atoms with Gasteiger partial charge >= 0.3 is 0 Å². The average molecular weight is 404 g/mol. The van der Waals surface area contributed by atoms with Crippen molar-refractivity contribution in [1.82, 2.24) is 19.6 Å². The summed E-state index contributed by atoms with van der Waals surface area (Å²) in [6, 6.07) is 23.4. The largest absolute Gasteiger partial charge is 0.309 e. The Morgan fingerprint density at radius 2 is 1.07 bits per heavy atom. The number of hydrogen-bond donors (Lipinski definition) is 0. The van der Waals surface area contributed by atoms with Crippen molar-refractivity contribution >= 4 is 17.8 Å². The predicted octanol–water partition coefficient (Wildman–Crippen LogP) is 4.33. The van der Waals surface area contributed by atoms with Gasteiger partial charge < -0.3 is 4.57 Å². The van der Waals surface area contributed by atoms with Crippen LogP contribution in [0.3, 0.4) is 0 Å². The fourth-order valence-corrected chi connectivity index (χ4v) is 7.03. The third-order valence-corrected chi connectivity index (χ3v) is 8.35. The van der Waals surface area contributed by atoms with Crippen molar-refractivity contribution in [2.45, 2.75) is 33.6 Å². The van der Waals surface area contributed by atoms with Crippen molar-refractivity contribution in [2.24, 2.45) is 0 Å². The van der Waals surface area contributed by atoms with Gasteiger partial charge in [0, 0.05) is 22.0 Å². The molecular weight excluding hydrogens is 379 g/mol. The average Bonchev–Trinajstić information content (AvgIpc) is 3.23. The minimum atomic E-state index is -3.20. The summed E-state index contributed by atoms with van der Waals surface area (Å²) in [6.07, 6.45) is 0. The highest BCUT2D eigenvalue weighted by Gasteiger charge is 2.41. The Bertz CT molecular complexity index is 1090. The summed E-state index contributed by atoms with van der Waals surface area (Å²) in [5.41, 5.74) is 3.68. The number of nitrogens with zero attached hydrogens (tertiary/aromatic N) is 4. The normalized spacial score (nSPS) is 11.9. The molecule has 2 aromatic heterocycles. The first-order valence-corrected chi connectivity index (χ1v) is 11.5. The van der Waals surface area contributed by atoms with Gasteiger partial charge in [-0.05, 0) is 39.8 Å². The summed E-state index contributed by atoms with van der Waals surface area (Å²) in [7, 11) is -3.20. The van der Waals surface area contributed by atoms with Crippen LogP contribution < -0.4 is 10.6 Å². The molecule has 0 unspecified atom stereocenters. The van der Waals surface area contributed by atoms with Crippen molar-refractivity contribution in [2.75, 3.05) is 0 Å². The molecule has 0 fully saturated rings. The van der Waals surface area contributed by atoms with Gasteiger partial charge in [-0.2, -0.15) is 10.2 Å². The monoisotopic (exact) mass is 404 g/mol. The number of benzene rings is 2. The van der Waals surface area contributed by atoms with Crippen molar-refractivity contribution in [3.05, 3.63) is 95.6 Å². The molecule has 0 saturated heterocycles. The Kier molecular flexibility index (Phi) is 5.01. The summed E-state index contributed by atoms with van der Waals surface area (Å²) in [5.74, 6) is -0.588. The molecule has 4 aromatic rings. The van der Waals surface area contributed by atoms with Crippen LogP contribution in [0, 0.1) is 27.7 Å². The van der Waals surface area contributed by atoms with E-state index in [1.807, 2.05) is 110 Å². The lowest BCUT2D eigenvalue weighted by molar-refractivity contribution is 0.437. The van der Waals surface area contributed by atoms with Crippen LogP contribution in [0.2, 0.25) is 0 Å². The number of rotatable bonds is 5. The number of aromatic nitrogens is 4. The van der Waals surface area contributed by atoms with Gasteiger partial charge in [0.25, 0.3) is 0 Å². The summed E-state index contributed by atoms with van der Waals surface area (Å²) in [4.78, 5) is 0. The minimum Gasteiger partial charge on any atom is -0.309 e. The lowest BCUT2D eigenvalue weighted by atomic mass is 10.4. The molecule has 5 nitrogen and oxygen atoms in total. The summed E-state index contributed by atoms with van der Waals surface area (Å²) >= 11 is 0. The third-order valence-electron chi connectivity index (χ3n) is 5.13. The second-order valence-electron chi connectivity index (χ2n) is 7.42. The second kappa shape index (κ2) is 7.49. The maximum atomic E-state index is 15.1. The van der Waals surface area contributed by atoms with E-state index >= 15 is 4.57 Å². The van der Waals surface area contributed by atoms with Crippen LogP contribution in [0.4, 0.5) is 0 Å². The highest BCUT2D eigenvalue weighted by atomic mass is 31.2. The standard InChI is InChI=1S/C23H25N4OP/c1-17-15-19(3)26(24-17)23(27-20(4)16-18(2)25-27)29(28,21-11-7-5-8-12-21)22-13-9-6-10-14-22/h5-16,23H,1-4H3. The van der Waals surface area contributed by atoms with Crippen molar-refractivity contribution in [3.8, 4) is 0 Å². The topological polar surface area (TPSA) is 52.7 Å². The van der Waals surface area contributed by atoms with Gasteiger partial charge in [-0.3, -0.25) is 0 Å².